The molecule has 1 fully saturated rings. The molecule has 2 rings (SSSR count). The van der Waals surface area contributed by atoms with Gasteiger partial charge in [0.05, 0.1) is 20.3 Å². The smallest absolute Gasteiger partial charge is 0.195 e. The molecule has 1 aromatic rings. The third-order valence-corrected chi connectivity index (χ3v) is 4.45. The fraction of sp³-hybridized carbons (Fsp3) is 0.632. The molecule has 26 heavy (non-hydrogen) atoms. The Morgan fingerprint density at radius 3 is 2.62 bits per heavy atom. The molecule has 0 aromatic heterocycles. The molecule has 1 saturated heterocycles. The van der Waals surface area contributed by atoms with Crippen molar-refractivity contribution in [2.45, 2.75) is 32.3 Å². The summed E-state index contributed by atoms with van der Waals surface area (Å²) < 4.78 is 10.6. The first-order valence-electron chi connectivity index (χ1n) is 9.34. The van der Waals surface area contributed by atoms with Gasteiger partial charge in [0, 0.05) is 37.9 Å². The van der Waals surface area contributed by atoms with E-state index in [2.05, 4.69) is 20.5 Å². The summed E-state index contributed by atoms with van der Waals surface area (Å²) in [6.07, 6.45) is 2.65. The van der Waals surface area contributed by atoms with Crippen LogP contribution in [0.15, 0.2) is 23.2 Å². The van der Waals surface area contributed by atoms with Crippen LogP contribution in [0, 0.1) is 0 Å². The Labute approximate surface area is 156 Å². The number of piperidine rings is 1. The second-order valence-electron chi connectivity index (χ2n) is 6.38. The molecule has 0 amide bonds. The van der Waals surface area contributed by atoms with E-state index in [4.69, 9.17) is 9.47 Å². The minimum atomic E-state index is -0.115. The normalized spacial score (nSPS) is 16.4. The molecule has 0 saturated carbocycles. The number of hydrogen-bond acceptors (Lipinski definition) is 5. The molecular weight excluding hydrogens is 332 g/mol. The van der Waals surface area contributed by atoms with Crippen molar-refractivity contribution in [1.29, 1.82) is 0 Å². The van der Waals surface area contributed by atoms with Crippen molar-refractivity contribution in [2.24, 2.45) is 4.99 Å². The maximum absolute atomic E-state index is 9.56. The summed E-state index contributed by atoms with van der Waals surface area (Å²) in [5.41, 5.74) is 0.896. The number of aliphatic hydroxyl groups excluding tert-OH is 1. The summed E-state index contributed by atoms with van der Waals surface area (Å²) >= 11 is 0. The second-order valence-corrected chi connectivity index (χ2v) is 6.38. The lowest BCUT2D eigenvalue weighted by Gasteiger charge is -2.29. The van der Waals surface area contributed by atoms with Crippen LogP contribution in [0.4, 0.5) is 5.69 Å². The fourth-order valence-corrected chi connectivity index (χ4v) is 2.99. The molecule has 1 aliphatic heterocycles. The van der Waals surface area contributed by atoms with Crippen molar-refractivity contribution < 1.29 is 14.6 Å². The first-order chi connectivity index (χ1) is 12.7. The number of nitrogens with one attached hydrogen (secondary N) is 2. The summed E-state index contributed by atoms with van der Waals surface area (Å²) in [5.74, 6) is 2.14. The number of likely N-dealkylation sites (tertiary alicyclic amines) is 1. The second kappa shape index (κ2) is 10.9. The number of hydrogen-bond donors (Lipinski definition) is 3. The van der Waals surface area contributed by atoms with Crippen molar-refractivity contribution >= 4 is 11.6 Å². The molecule has 0 bridgehead atoms. The third kappa shape index (κ3) is 6.38. The molecule has 146 valence electrons. The van der Waals surface area contributed by atoms with Crippen LogP contribution in [0.5, 0.6) is 11.5 Å². The molecule has 0 radical (unpaired) electrons. The van der Waals surface area contributed by atoms with Crippen molar-refractivity contribution in [3.8, 4) is 11.5 Å². The zero-order valence-corrected chi connectivity index (χ0v) is 16.1. The van der Waals surface area contributed by atoms with E-state index in [0.29, 0.717) is 11.5 Å². The Kier molecular flexibility index (Phi) is 8.50. The number of rotatable bonds is 8. The number of nitrogens with zero attached hydrogens (tertiary/aromatic N) is 2. The van der Waals surface area contributed by atoms with E-state index < -0.39 is 0 Å². The molecule has 0 aliphatic carbocycles. The minimum absolute atomic E-state index is 0.115. The van der Waals surface area contributed by atoms with Crippen molar-refractivity contribution in [1.82, 2.24) is 10.2 Å². The number of aliphatic hydroxyl groups is 1. The van der Waals surface area contributed by atoms with E-state index in [1.807, 2.05) is 25.1 Å². The predicted octanol–water partition coefficient (Wildman–Crippen LogP) is 1.93. The van der Waals surface area contributed by atoms with E-state index in [9.17, 15) is 5.11 Å². The average Bonchev–Trinajstić information content (AvgIpc) is 2.66. The topological polar surface area (TPSA) is 78.4 Å². The number of methoxy groups -OCH3 is 2. The monoisotopic (exact) mass is 364 g/mol. The zero-order chi connectivity index (χ0) is 18.8. The molecule has 1 heterocycles. The Bertz CT molecular complexity index is 572. The fourth-order valence-electron chi connectivity index (χ4n) is 2.99. The standard InChI is InChI=1S/C19H32N4O3/c1-4-20-19(21-10-5-11-23-12-8-16(24)9-13-23)22-15-6-7-17(25-2)18(14-15)26-3/h6-7,14,16,24H,4-5,8-13H2,1-3H3,(H2,20,21,22). The van der Waals surface area contributed by atoms with Crippen LogP contribution in [0.1, 0.15) is 26.2 Å². The highest BCUT2D eigenvalue weighted by atomic mass is 16.5. The van der Waals surface area contributed by atoms with Gasteiger partial charge in [0.1, 0.15) is 0 Å². The lowest BCUT2D eigenvalue weighted by Crippen LogP contribution is -2.36. The lowest BCUT2D eigenvalue weighted by atomic mass is 10.1. The van der Waals surface area contributed by atoms with E-state index in [-0.39, 0.29) is 6.10 Å². The van der Waals surface area contributed by atoms with Gasteiger partial charge < -0.3 is 30.1 Å². The van der Waals surface area contributed by atoms with Gasteiger partial charge in [0.25, 0.3) is 0 Å². The van der Waals surface area contributed by atoms with Gasteiger partial charge in [-0.15, -0.1) is 0 Å². The quantitative estimate of drug-likeness (QED) is 0.372. The maximum atomic E-state index is 9.56. The molecule has 1 aliphatic rings. The lowest BCUT2D eigenvalue weighted by molar-refractivity contribution is 0.0824. The largest absolute Gasteiger partial charge is 0.493 e. The molecule has 7 nitrogen and oxygen atoms in total. The van der Waals surface area contributed by atoms with Crippen molar-refractivity contribution in [2.75, 3.05) is 52.3 Å². The van der Waals surface area contributed by atoms with Gasteiger partial charge in [-0.05, 0) is 44.9 Å². The van der Waals surface area contributed by atoms with Crippen LogP contribution in [-0.4, -0.2) is 69.0 Å². The molecular formula is C19H32N4O3. The number of guanidine groups is 1. The summed E-state index contributed by atoms with van der Waals surface area (Å²) in [6, 6.07) is 5.70. The Balaban J connectivity index is 1.86. The van der Waals surface area contributed by atoms with Gasteiger partial charge in [-0.1, -0.05) is 0 Å². The summed E-state index contributed by atoms with van der Waals surface area (Å²) in [7, 11) is 3.25. The molecule has 1 aromatic carbocycles. The van der Waals surface area contributed by atoms with Gasteiger partial charge in [0.15, 0.2) is 17.5 Å². The van der Waals surface area contributed by atoms with Crippen LogP contribution in [0.25, 0.3) is 0 Å². The van der Waals surface area contributed by atoms with Crippen molar-refractivity contribution in [3.05, 3.63) is 18.2 Å². The molecule has 0 atom stereocenters. The minimum Gasteiger partial charge on any atom is -0.493 e. The highest BCUT2D eigenvalue weighted by Crippen LogP contribution is 2.29. The first kappa shape index (κ1) is 20.3. The van der Waals surface area contributed by atoms with E-state index >= 15 is 0 Å². The summed E-state index contributed by atoms with van der Waals surface area (Å²) in [4.78, 5) is 7.05. The SMILES string of the molecule is CCNC(=NCCCN1CCC(O)CC1)Nc1ccc(OC)c(OC)c1. The molecule has 0 spiro atoms. The average molecular weight is 364 g/mol. The van der Waals surface area contributed by atoms with Gasteiger partial charge >= 0.3 is 0 Å². The third-order valence-electron chi connectivity index (χ3n) is 4.45. The van der Waals surface area contributed by atoms with Crippen LogP contribution >= 0.6 is 0 Å². The van der Waals surface area contributed by atoms with Crippen molar-refractivity contribution in [3.63, 3.8) is 0 Å². The predicted molar refractivity (Wildman–Crippen MR) is 105 cm³/mol. The van der Waals surface area contributed by atoms with Gasteiger partial charge in [-0.25, -0.2) is 0 Å². The van der Waals surface area contributed by atoms with E-state index in [1.165, 1.54) is 0 Å². The number of benzene rings is 1. The molecule has 7 heteroatoms. The van der Waals surface area contributed by atoms with Crippen LogP contribution in [0.3, 0.4) is 0 Å². The highest BCUT2D eigenvalue weighted by molar-refractivity contribution is 5.93. The number of anilines is 1. The Morgan fingerprint density at radius 1 is 1.23 bits per heavy atom. The number of aliphatic imine (C=N–C) groups is 1. The van der Waals surface area contributed by atoms with Gasteiger partial charge in [-0.2, -0.15) is 0 Å². The van der Waals surface area contributed by atoms with Gasteiger partial charge in [-0.3, -0.25) is 4.99 Å². The number of ether oxygens (including phenoxy) is 2. The zero-order valence-electron chi connectivity index (χ0n) is 16.1. The Hall–Kier alpha value is -1.99. The van der Waals surface area contributed by atoms with Crippen LogP contribution < -0.4 is 20.1 Å². The molecule has 0 unspecified atom stereocenters. The van der Waals surface area contributed by atoms with Gasteiger partial charge in [0.2, 0.25) is 0 Å². The maximum Gasteiger partial charge on any atom is 0.195 e. The summed E-state index contributed by atoms with van der Waals surface area (Å²) in [6.45, 7) is 6.57. The Morgan fingerprint density at radius 2 is 1.96 bits per heavy atom. The van der Waals surface area contributed by atoms with E-state index in [0.717, 1.165) is 63.6 Å². The summed E-state index contributed by atoms with van der Waals surface area (Å²) in [5, 5.41) is 16.1. The van der Waals surface area contributed by atoms with E-state index in [1.54, 1.807) is 14.2 Å². The first-order valence-corrected chi connectivity index (χ1v) is 9.34. The van der Waals surface area contributed by atoms with Crippen LogP contribution in [-0.2, 0) is 0 Å². The molecule has 3 N–H and O–H groups in total. The van der Waals surface area contributed by atoms with Crippen LogP contribution in [0.2, 0.25) is 0 Å². The highest BCUT2D eigenvalue weighted by Gasteiger charge is 2.16.